The highest BCUT2D eigenvalue weighted by Gasteiger charge is 2.13. The lowest BCUT2D eigenvalue weighted by molar-refractivity contribution is 0.412. The van der Waals surface area contributed by atoms with Gasteiger partial charge in [-0.05, 0) is 37.1 Å². The van der Waals surface area contributed by atoms with Crippen molar-refractivity contribution in [3.05, 3.63) is 54.4 Å². The van der Waals surface area contributed by atoms with E-state index < -0.39 is 0 Å². The smallest absolute Gasteiger partial charge is 0.195 e. The Balaban J connectivity index is 1.66. The maximum absolute atomic E-state index is 5.89. The molecule has 0 atom stereocenters. The van der Waals surface area contributed by atoms with Crippen molar-refractivity contribution in [2.75, 3.05) is 12.4 Å². The fraction of sp³-hybridized carbons (Fsp3) is 0.286. The predicted octanol–water partition coefficient (Wildman–Crippen LogP) is 4.67. The first-order chi connectivity index (χ1) is 13.5. The second-order valence-electron chi connectivity index (χ2n) is 7.11. The van der Waals surface area contributed by atoms with Crippen LogP contribution < -0.4 is 10.1 Å². The summed E-state index contributed by atoms with van der Waals surface area (Å²) in [5.41, 5.74) is 4.21. The van der Waals surface area contributed by atoms with E-state index in [1.807, 2.05) is 43.3 Å². The summed E-state index contributed by atoms with van der Waals surface area (Å²) in [6, 6.07) is 11.7. The molecule has 0 bridgehead atoms. The minimum Gasteiger partial charge on any atom is -0.494 e. The molecule has 0 saturated carbocycles. The monoisotopic (exact) mass is 377 g/mol. The molecule has 1 N–H and O–H groups in total. The Labute approximate surface area is 163 Å². The van der Waals surface area contributed by atoms with Gasteiger partial charge in [0.05, 0.1) is 12.8 Å². The van der Waals surface area contributed by atoms with E-state index in [9.17, 15) is 0 Å². The first-order valence-electron chi connectivity index (χ1n) is 9.25. The molecule has 2 aromatic carbocycles. The zero-order chi connectivity index (χ0) is 19.7. The number of hydrogen-bond acceptors (Lipinski definition) is 6. The average Bonchev–Trinajstić information content (AvgIpc) is 3.27. The molecule has 7 heteroatoms. The molecular weight excluding hydrogens is 354 g/mol. The van der Waals surface area contributed by atoms with Crippen LogP contribution >= 0.6 is 0 Å². The quantitative estimate of drug-likeness (QED) is 0.526. The van der Waals surface area contributed by atoms with Gasteiger partial charge in [-0.25, -0.2) is 14.6 Å². The van der Waals surface area contributed by atoms with Gasteiger partial charge >= 0.3 is 0 Å². The number of methoxy groups -OCH3 is 1. The number of anilines is 2. The van der Waals surface area contributed by atoms with Crippen LogP contribution in [0.5, 0.6) is 5.75 Å². The molecule has 0 saturated heterocycles. The van der Waals surface area contributed by atoms with E-state index in [1.54, 1.807) is 18.1 Å². The number of rotatable bonds is 6. The standard InChI is InChI=1S/C21H23N5O2/c1-13(2)10-20-24-21-16(6-5-7-18(21)28-20)23-15-8-9-17(19(11-15)27-4)26-12-22-14(3)25-26/h5-9,11-13,23H,10H2,1-4H3. The molecule has 144 valence electrons. The molecule has 28 heavy (non-hydrogen) atoms. The lowest BCUT2D eigenvalue weighted by atomic mass is 10.1. The summed E-state index contributed by atoms with van der Waals surface area (Å²) in [5, 5.41) is 7.78. The fourth-order valence-corrected chi connectivity index (χ4v) is 3.09. The van der Waals surface area contributed by atoms with Crippen molar-refractivity contribution in [2.24, 2.45) is 5.92 Å². The van der Waals surface area contributed by atoms with E-state index in [1.165, 1.54) is 0 Å². The molecule has 2 heterocycles. The first-order valence-corrected chi connectivity index (χ1v) is 9.25. The molecule has 0 fully saturated rings. The van der Waals surface area contributed by atoms with Gasteiger partial charge in [0.2, 0.25) is 0 Å². The van der Waals surface area contributed by atoms with E-state index in [-0.39, 0.29) is 0 Å². The largest absolute Gasteiger partial charge is 0.494 e. The number of oxazole rings is 1. The van der Waals surface area contributed by atoms with E-state index >= 15 is 0 Å². The third-order valence-corrected chi connectivity index (χ3v) is 4.36. The van der Waals surface area contributed by atoms with Crippen LogP contribution in [0.1, 0.15) is 25.6 Å². The molecule has 7 nitrogen and oxygen atoms in total. The van der Waals surface area contributed by atoms with E-state index in [0.717, 1.165) is 40.5 Å². The average molecular weight is 377 g/mol. The molecule has 0 radical (unpaired) electrons. The zero-order valence-electron chi connectivity index (χ0n) is 16.4. The normalized spacial score (nSPS) is 11.3. The van der Waals surface area contributed by atoms with Crippen LogP contribution in [0, 0.1) is 12.8 Å². The van der Waals surface area contributed by atoms with Gasteiger partial charge in [-0.15, -0.1) is 0 Å². The van der Waals surface area contributed by atoms with Crippen molar-refractivity contribution >= 4 is 22.5 Å². The maximum atomic E-state index is 5.89. The van der Waals surface area contributed by atoms with Gasteiger partial charge in [-0.3, -0.25) is 0 Å². The number of fused-ring (bicyclic) bond motifs is 1. The molecule has 0 amide bonds. The van der Waals surface area contributed by atoms with Crippen molar-refractivity contribution in [2.45, 2.75) is 27.2 Å². The number of aryl methyl sites for hydroxylation is 1. The van der Waals surface area contributed by atoms with Crippen LogP contribution in [0.2, 0.25) is 0 Å². The highest BCUT2D eigenvalue weighted by molar-refractivity contribution is 5.89. The van der Waals surface area contributed by atoms with Crippen molar-refractivity contribution in [1.82, 2.24) is 19.7 Å². The number of nitrogens with one attached hydrogen (secondary N) is 1. The summed E-state index contributed by atoms with van der Waals surface area (Å²) in [6.07, 6.45) is 2.49. The maximum Gasteiger partial charge on any atom is 0.195 e. The molecule has 0 aliphatic carbocycles. The van der Waals surface area contributed by atoms with E-state index in [2.05, 4.69) is 34.2 Å². The number of hydrogen-bond donors (Lipinski definition) is 1. The summed E-state index contributed by atoms with van der Waals surface area (Å²) in [5.74, 6) is 2.65. The number of aromatic nitrogens is 4. The third kappa shape index (κ3) is 3.55. The van der Waals surface area contributed by atoms with Crippen molar-refractivity contribution in [1.29, 1.82) is 0 Å². The van der Waals surface area contributed by atoms with Crippen LogP contribution in [-0.4, -0.2) is 26.9 Å². The topological polar surface area (TPSA) is 78.0 Å². The zero-order valence-corrected chi connectivity index (χ0v) is 16.4. The van der Waals surface area contributed by atoms with Crippen LogP contribution in [0.25, 0.3) is 16.8 Å². The van der Waals surface area contributed by atoms with Gasteiger partial charge in [0.15, 0.2) is 11.5 Å². The summed E-state index contributed by atoms with van der Waals surface area (Å²) in [7, 11) is 1.64. The van der Waals surface area contributed by atoms with Gasteiger partial charge in [0.25, 0.3) is 0 Å². The molecule has 0 aliphatic rings. The Morgan fingerprint density at radius 2 is 2.07 bits per heavy atom. The van der Waals surface area contributed by atoms with E-state index in [0.29, 0.717) is 17.5 Å². The molecule has 0 spiro atoms. The van der Waals surface area contributed by atoms with Crippen LogP contribution in [0.15, 0.2) is 47.1 Å². The van der Waals surface area contributed by atoms with Gasteiger partial charge in [-0.1, -0.05) is 19.9 Å². The molecule has 0 aliphatic heterocycles. The third-order valence-electron chi connectivity index (χ3n) is 4.36. The molecule has 4 aromatic rings. The lowest BCUT2D eigenvalue weighted by Gasteiger charge is -2.12. The van der Waals surface area contributed by atoms with Crippen LogP contribution in [0.4, 0.5) is 11.4 Å². The highest BCUT2D eigenvalue weighted by Crippen LogP contribution is 2.31. The second-order valence-corrected chi connectivity index (χ2v) is 7.11. The Morgan fingerprint density at radius 1 is 1.21 bits per heavy atom. The Morgan fingerprint density at radius 3 is 2.79 bits per heavy atom. The molecular formula is C21H23N5O2. The minimum absolute atomic E-state index is 0.488. The van der Waals surface area contributed by atoms with Gasteiger partial charge in [0, 0.05) is 18.2 Å². The molecule has 2 aromatic heterocycles. The predicted molar refractivity (Wildman–Crippen MR) is 108 cm³/mol. The Bertz CT molecular complexity index is 1110. The Kier molecular flexibility index (Phi) is 4.73. The second kappa shape index (κ2) is 7.34. The van der Waals surface area contributed by atoms with Crippen molar-refractivity contribution in [3.8, 4) is 11.4 Å². The van der Waals surface area contributed by atoms with E-state index in [4.69, 9.17) is 9.15 Å². The van der Waals surface area contributed by atoms with Gasteiger partial charge < -0.3 is 14.5 Å². The van der Waals surface area contributed by atoms with Gasteiger partial charge in [-0.2, -0.15) is 5.10 Å². The van der Waals surface area contributed by atoms with Crippen LogP contribution in [0.3, 0.4) is 0 Å². The fourth-order valence-electron chi connectivity index (χ4n) is 3.09. The number of benzene rings is 2. The molecule has 0 unspecified atom stereocenters. The summed E-state index contributed by atoms with van der Waals surface area (Å²) >= 11 is 0. The number of nitrogens with zero attached hydrogens (tertiary/aromatic N) is 4. The molecule has 4 rings (SSSR count). The minimum atomic E-state index is 0.488. The highest BCUT2D eigenvalue weighted by atomic mass is 16.5. The number of para-hydroxylation sites is 1. The first kappa shape index (κ1) is 18.0. The Hall–Kier alpha value is -3.35. The van der Waals surface area contributed by atoms with Crippen molar-refractivity contribution < 1.29 is 9.15 Å². The van der Waals surface area contributed by atoms with Crippen molar-refractivity contribution in [3.63, 3.8) is 0 Å². The SMILES string of the molecule is COc1cc(Nc2cccc3oc(CC(C)C)nc23)ccc1-n1cnc(C)n1. The van der Waals surface area contributed by atoms with Gasteiger partial charge in [0.1, 0.15) is 29.1 Å². The lowest BCUT2D eigenvalue weighted by Crippen LogP contribution is -2.00. The summed E-state index contributed by atoms with van der Waals surface area (Å²) in [6.45, 7) is 6.15. The summed E-state index contributed by atoms with van der Waals surface area (Å²) in [4.78, 5) is 8.85. The summed E-state index contributed by atoms with van der Waals surface area (Å²) < 4.78 is 13.1. The van der Waals surface area contributed by atoms with Crippen LogP contribution in [-0.2, 0) is 6.42 Å². The number of ether oxygens (including phenoxy) is 1.